The Bertz CT molecular complexity index is 2260. The van der Waals surface area contributed by atoms with Gasteiger partial charge < -0.3 is 5.11 Å². The molecule has 0 saturated heterocycles. The third-order valence-electron chi connectivity index (χ3n) is 10.3. The molecule has 8 aromatic carbocycles. The first-order chi connectivity index (χ1) is 28.1. The second-order valence-corrected chi connectivity index (χ2v) is 17.8. The molecular formula is C56H59IO. The SMILES string of the molecule is CC.CC.CC(C)(I)c1cccc2ccccc12.CC(C)(O)c1cccc2ccccc12.c1ccc2c(c1)Cc1ccccc1-2.c1ccc2c(c1)Cc1ccccc1-2. The summed E-state index contributed by atoms with van der Waals surface area (Å²) in [6, 6.07) is 63.8. The number of benzene rings is 8. The van der Waals surface area contributed by atoms with Gasteiger partial charge in [0.15, 0.2) is 0 Å². The van der Waals surface area contributed by atoms with Crippen LogP contribution in [-0.2, 0) is 21.9 Å². The van der Waals surface area contributed by atoms with Gasteiger partial charge in [-0.15, -0.1) is 0 Å². The number of aliphatic hydroxyl groups is 1. The standard InChI is InChI=1S/C13H13I.C13H14O.2C13H10.2C2H6/c2*1-13(2,14)12-9-5-7-10-6-3-4-8-11(10)12;2*1-3-7-12-10(5-1)9-11-6-2-4-8-13(11)12;2*1-2/h3-9H,1-2H3;3-9,14H,1-2H3;2*1-8H,9H2;2*1-2H3. The van der Waals surface area contributed by atoms with Crippen LogP contribution in [0.3, 0.4) is 0 Å². The topological polar surface area (TPSA) is 20.2 Å². The Morgan fingerprint density at radius 1 is 0.362 bits per heavy atom. The highest BCUT2D eigenvalue weighted by atomic mass is 127. The molecule has 1 nitrogen and oxygen atoms in total. The number of halogens is 1. The summed E-state index contributed by atoms with van der Waals surface area (Å²) < 4.78 is 0.193. The molecule has 0 unspecified atom stereocenters. The van der Waals surface area contributed by atoms with Crippen molar-refractivity contribution in [1.82, 2.24) is 0 Å². The van der Waals surface area contributed by atoms with E-state index in [9.17, 15) is 5.11 Å². The maximum atomic E-state index is 9.99. The van der Waals surface area contributed by atoms with Crippen LogP contribution < -0.4 is 0 Å². The second kappa shape index (κ2) is 20.6. The molecule has 0 aliphatic heterocycles. The van der Waals surface area contributed by atoms with Crippen LogP contribution in [0.25, 0.3) is 43.8 Å². The van der Waals surface area contributed by atoms with Crippen molar-refractivity contribution in [3.8, 4) is 22.3 Å². The smallest absolute Gasteiger partial charge is 0.0846 e. The lowest BCUT2D eigenvalue weighted by molar-refractivity contribution is 0.0802. The van der Waals surface area contributed by atoms with E-state index in [1.165, 1.54) is 66.2 Å². The van der Waals surface area contributed by atoms with Crippen LogP contribution in [0.15, 0.2) is 182 Å². The van der Waals surface area contributed by atoms with Crippen LogP contribution in [0.5, 0.6) is 0 Å². The normalized spacial score (nSPS) is 11.5. The van der Waals surface area contributed by atoms with Crippen molar-refractivity contribution < 1.29 is 5.11 Å². The summed E-state index contributed by atoms with van der Waals surface area (Å²) in [6.07, 6.45) is 2.21. The van der Waals surface area contributed by atoms with Crippen molar-refractivity contribution in [2.75, 3.05) is 0 Å². The Kier molecular flexibility index (Phi) is 15.7. The van der Waals surface area contributed by atoms with Crippen molar-refractivity contribution in [3.63, 3.8) is 0 Å². The average Bonchev–Trinajstić information content (AvgIpc) is 3.83. The number of fused-ring (bicyclic) bond motifs is 8. The van der Waals surface area contributed by atoms with E-state index in [2.05, 4.69) is 188 Å². The van der Waals surface area contributed by atoms with E-state index in [0.29, 0.717) is 0 Å². The van der Waals surface area contributed by atoms with Gasteiger partial charge in [0.2, 0.25) is 0 Å². The van der Waals surface area contributed by atoms with E-state index in [4.69, 9.17) is 0 Å². The lowest BCUT2D eigenvalue weighted by atomic mass is 9.93. The molecule has 0 bridgehead atoms. The molecule has 2 aliphatic carbocycles. The van der Waals surface area contributed by atoms with Gasteiger partial charge in [-0.2, -0.15) is 0 Å². The Balaban J connectivity index is 0.000000143. The van der Waals surface area contributed by atoms with Gasteiger partial charge in [-0.05, 0) is 118 Å². The van der Waals surface area contributed by atoms with Crippen molar-refractivity contribution >= 4 is 44.1 Å². The minimum Gasteiger partial charge on any atom is -0.386 e. The summed E-state index contributed by atoms with van der Waals surface area (Å²) >= 11 is 2.49. The zero-order valence-corrected chi connectivity index (χ0v) is 37.7. The van der Waals surface area contributed by atoms with E-state index in [0.717, 1.165) is 23.8 Å². The maximum Gasteiger partial charge on any atom is 0.0846 e. The second-order valence-electron chi connectivity index (χ2n) is 15.1. The van der Waals surface area contributed by atoms with Crippen LogP contribution in [0, 0.1) is 0 Å². The molecule has 296 valence electrons. The van der Waals surface area contributed by atoms with Gasteiger partial charge in [-0.25, -0.2) is 0 Å². The first-order valence-corrected chi connectivity index (χ1v) is 21.9. The quantitative estimate of drug-likeness (QED) is 0.136. The average molecular weight is 875 g/mol. The van der Waals surface area contributed by atoms with E-state index in [1.54, 1.807) is 0 Å². The Hall–Kier alpha value is -5.03. The fourth-order valence-corrected chi connectivity index (χ4v) is 8.13. The van der Waals surface area contributed by atoms with Gasteiger partial charge in [0.05, 0.1) is 5.60 Å². The summed E-state index contributed by atoms with van der Waals surface area (Å²) in [7, 11) is 0. The van der Waals surface area contributed by atoms with Gasteiger partial charge in [0.25, 0.3) is 0 Å². The van der Waals surface area contributed by atoms with Gasteiger partial charge in [0, 0.05) is 3.42 Å². The molecule has 0 radical (unpaired) electrons. The van der Waals surface area contributed by atoms with Gasteiger partial charge >= 0.3 is 0 Å². The summed E-state index contributed by atoms with van der Waals surface area (Å²) in [6.45, 7) is 16.1. The fraction of sp³-hybridized carbons (Fsp3) is 0.214. The van der Waals surface area contributed by atoms with Crippen LogP contribution in [0.4, 0.5) is 0 Å². The molecule has 1 N–H and O–H groups in total. The summed E-state index contributed by atoms with van der Waals surface area (Å²) in [5.41, 5.74) is 13.1. The summed E-state index contributed by atoms with van der Waals surface area (Å²) in [5, 5.41) is 15.0. The van der Waals surface area contributed by atoms with Gasteiger partial charge in [-0.3, -0.25) is 0 Å². The molecule has 58 heavy (non-hydrogen) atoms. The molecule has 0 saturated carbocycles. The first kappa shape index (κ1) is 44.1. The van der Waals surface area contributed by atoms with Crippen molar-refractivity contribution in [1.29, 1.82) is 0 Å². The largest absolute Gasteiger partial charge is 0.386 e. The third-order valence-corrected chi connectivity index (χ3v) is 10.9. The Morgan fingerprint density at radius 2 is 0.638 bits per heavy atom. The van der Waals surface area contributed by atoms with Crippen LogP contribution >= 0.6 is 22.6 Å². The van der Waals surface area contributed by atoms with Crippen LogP contribution in [0.2, 0.25) is 0 Å². The monoisotopic (exact) mass is 874 g/mol. The van der Waals surface area contributed by atoms with Crippen molar-refractivity contribution in [2.45, 2.75) is 77.3 Å². The van der Waals surface area contributed by atoms with Gasteiger partial charge in [0.1, 0.15) is 0 Å². The molecule has 0 aromatic heterocycles. The predicted molar refractivity (Wildman–Crippen MR) is 262 cm³/mol. The molecule has 0 fully saturated rings. The van der Waals surface area contributed by atoms with E-state index >= 15 is 0 Å². The van der Waals surface area contributed by atoms with Crippen LogP contribution in [0.1, 0.15) is 88.8 Å². The third kappa shape index (κ3) is 10.7. The van der Waals surface area contributed by atoms with E-state index < -0.39 is 5.60 Å². The highest BCUT2D eigenvalue weighted by molar-refractivity contribution is 14.1. The number of alkyl halides is 1. The lowest BCUT2D eigenvalue weighted by Crippen LogP contribution is -2.15. The Morgan fingerprint density at radius 3 is 0.983 bits per heavy atom. The molecule has 10 rings (SSSR count). The van der Waals surface area contributed by atoms with Crippen molar-refractivity contribution in [2.24, 2.45) is 0 Å². The van der Waals surface area contributed by atoms with E-state index in [1.807, 2.05) is 71.9 Å². The zero-order chi connectivity index (χ0) is 41.7. The lowest BCUT2D eigenvalue weighted by Gasteiger charge is -2.19. The molecule has 0 amide bonds. The minimum atomic E-state index is -0.777. The number of hydrogen-bond acceptors (Lipinski definition) is 1. The molecular weight excluding hydrogens is 816 g/mol. The van der Waals surface area contributed by atoms with Gasteiger partial charge in [-0.1, -0.05) is 232 Å². The Labute approximate surface area is 362 Å². The predicted octanol–water partition coefficient (Wildman–Crippen LogP) is 16.1. The molecule has 2 aliphatic rings. The summed E-state index contributed by atoms with van der Waals surface area (Å²) in [4.78, 5) is 0. The molecule has 8 aromatic rings. The fourth-order valence-electron chi connectivity index (χ4n) is 7.66. The molecule has 0 heterocycles. The van der Waals surface area contributed by atoms with Crippen molar-refractivity contribution in [3.05, 3.63) is 215 Å². The van der Waals surface area contributed by atoms with Crippen LogP contribution in [-0.4, -0.2) is 5.11 Å². The first-order valence-electron chi connectivity index (χ1n) is 20.8. The highest BCUT2D eigenvalue weighted by Gasteiger charge is 2.20. The maximum absolute atomic E-state index is 9.99. The number of hydrogen-bond donors (Lipinski definition) is 1. The molecule has 0 spiro atoms. The van der Waals surface area contributed by atoms with E-state index in [-0.39, 0.29) is 3.42 Å². The molecule has 2 heteroatoms. The zero-order valence-electron chi connectivity index (χ0n) is 35.6. The minimum absolute atomic E-state index is 0.193. The molecule has 0 atom stereocenters. The summed E-state index contributed by atoms with van der Waals surface area (Å²) in [5.74, 6) is 0. The highest BCUT2D eigenvalue weighted by Crippen LogP contribution is 2.37. The number of rotatable bonds is 2.